The zero-order valence-electron chi connectivity index (χ0n) is 13.4. The van der Waals surface area contributed by atoms with Crippen molar-refractivity contribution in [2.75, 3.05) is 11.4 Å². The van der Waals surface area contributed by atoms with Crippen molar-refractivity contribution in [2.24, 2.45) is 5.92 Å². The van der Waals surface area contributed by atoms with Crippen LogP contribution in [0.1, 0.15) is 37.7 Å². The predicted molar refractivity (Wildman–Crippen MR) is 92.3 cm³/mol. The molecule has 1 aliphatic carbocycles. The van der Waals surface area contributed by atoms with E-state index in [0.29, 0.717) is 6.04 Å². The van der Waals surface area contributed by atoms with Crippen LogP contribution in [-0.2, 0) is 5.60 Å². The van der Waals surface area contributed by atoms with Crippen LogP contribution in [0.15, 0.2) is 54.7 Å². The topological polar surface area (TPSA) is 36.4 Å². The van der Waals surface area contributed by atoms with Gasteiger partial charge in [-0.15, -0.1) is 0 Å². The quantitative estimate of drug-likeness (QED) is 0.918. The van der Waals surface area contributed by atoms with E-state index >= 15 is 0 Å². The van der Waals surface area contributed by atoms with Gasteiger partial charge in [0.25, 0.3) is 0 Å². The molecule has 3 atom stereocenters. The molecular weight excluding hydrogens is 284 g/mol. The summed E-state index contributed by atoms with van der Waals surface area (Å²) in [6.07, 6.45) is 7.34. The minimum atomic E-state index is -0.697. The monoisotopic (exact) mass is 308 g/mol. The Balaban J connectivity index is 1.69. The first-order valence-electron chi connectivity index (χ1n) is 8.74. The molecule has 1 saturated carbocycles. The molecule has 0 spiro atoms. The average Bonchev–Trinajstić information content (AvgIpc) is 2.64. The maximum atomic E-state index is 11.6. The summed E-state index contributed by atoms with van der Waals surface area (Å²) in [5.74, 6) is 1.34. The van der Waals surface area contributed by atoms with Gasteiger partial charge in [0.05, 0.1) is 5.60 Å². The van der Waals surface area contributed by atoms with E-state index in [-0.39, 0.29) is 5.92 Å². The van der Waals surface area contributed by atoms with E-state index in [2.05, 4.69) is 34.1 Å². The molecule has 3 heteroatoms. The van der Waals surface area contributed by atoms with Crippen molar-refractivity contribution < 1.29 is 5.11 Å². The average molecular weight is 308 g/mol. The number of benzene rings is 1. The van der Waals surface area contributed by atoms with Gasteiger partial charge in [-0.2, -0.15) is 0 Å². The van der Waals surface area contributed by atoms with Crippen LogP contribution >= 0.6 is 0 Å². The summed E-state index contributed by atoms with van der Waals surface area (Å²) < 4.78 is 0. The molecule has 1 aliphatic heterocycles. The molecule has 1 aromatic heterocycles. The van der Waals surface area contributed by atoms with Crippen molar-refractivity contribution in [1.29, 1.82) is 0 Å². The van der Waals surface area contributed by atoms with Crippen molar-refractivity contribution in [3.63, 3.8) is 0 Å². The third-order valence-corrected chi connectivity index (χ3v) is 5.69. The molecule has 1 saturated heterocycles. The van der Waals surface area contributed by atoms with Gasteiger partial charge in [0.1, 0.15) is 5.82 Å². The van der Waals surface area contributed by atoms with Gasteiger partial charge >= 0.3 is 0 Å². The number of anilines is 1. The Bertz CT molecular complexity index is 645. The molecule has 2 aliphatic rings. The van der Waals surface area contributed by atoms with Gasteiger partial charge in [-0.05, 0) is 37.0 Å². The van der Waals surface area contributed by atoms with Gasteiger partial charge in [0.15, 0.2) is 0 Å². The first-order chi connectivity index (χ1) is 11.3. The number of fused-ring (bicyclic) bond motifs is 1. The minimum Gasteiger partial charge on any atom is -0.385 e. The summed E-state index contributed by atoms with van der Waals surface area (Å²) in [5, 5.41) is 11.6. The Morgan fingerprint density at radius 2 is 1.78 bits per heavy atom. The van der Waals surface area contributed by atoms with E-state index < -0.39 is 5.60 Å². The molecule has 1 aromatic carbocycles. The molecule has 1 N–H and O–H groups in total. The second-order valence-corrected chi connectivity index (χ2v) is 6.88. The first kappa shape index (κ1) is 14.7. The van der Waals surface area contributed by atoms with E-state index in [9.17, 15) is 5.11 Å². The third-order valence-electron chi connectivity index (χ3n) is 5.69. The fraction of sp³-hybridized carbons (Fsp3) is 0.450. The SMILES string of the molecule is O[C@@]1(c2ccccc2)CCN(c2ccccn2)C2CCCC[C@H]21. The molecule has 4 rings (SSSR count). The van der Waals surface area contributed by atoms with Crippen LogP contribution in [0.5, 0.6) is 0 Å². The normalized spacial score (nSPS) is 30.7. The molecule has 2 aromatic rings. The molecular formula is C20H24N2O. The highest BCUT2D eigenvalue weighted by Gasteiger charge is 2.49. The summed E-state index contributed by atoms with van der Waals surface area (Å²) in [6.45, 7) is 0.865. The predicted octanol–water partition coefficient (Wildman–Crippen LogP) is 3.74. The fourth-order valence-corrected chi connectivity index (χ4v) is 4.58. The van der Waals surface area contributed by atoms with Crippen molar-refractivity contribution in [1.82, 2.24) is 4.98 Å². The second-order valence-electron chi connectivity index (χ2n) is 6.88. The molecule has 0 amide bonds. The number of hydrogen-bond acceptors (Lipinski definition) is 3. The van der Waals surface area contributed by atoms with E-state index in [1.165, 1.54) is 12.8 Å². The Morgan fingerprint density at radius 3 is 2.57 bits per heavy atom. The fourth-order valence-electron chi connectivity index (χ4n) is 4.58. The zero-order chi connectivity index (χ0) is 15.7. The van der Waals surface area contributed by atoms with E-state index in [0.717, 1.165) is 37.2 Å². The van der Waals surface area contributed by atoms with Crippen LogP contribution in [0, 0.1) is 5.92 Å². The lowest BCUT2D eigenvalue weighted by Gasteiger charge is -2.53. The highest BCUT2D eigenvalue weighted by atomic mass is 16.3. The number of piperidine rings is 1. The van der Waals surface area contributed by atoms with Crippen molar-refractivity contribution >= 4 is 5.82 Å². The maximum Gasteiger partial charge on any atom is 0.128 e. The van der Waals surface area contributed by atoms with Gasteiger partial charge in [0.2, 0.25) is 0 Å². The van der Waals surface area contributed by atoms with Gasteiger partial charge in [-0.3, -0.25) is 0 Å². The van der Waals surface area contributed by atoms with Crippen LogP contribution in [0.3, 0.4) is 0 Å². The molecule has 0 bridgehead atoms. The highest BCUT2D eigenvalue weighted by molar-refractivity contribution is 5.42. The Hall–Kier alpha value is -1.87. The molecule has 120 valence electrons. The Labute approximate surface area is 138 Å². The third kappa shape index (κ3) is 2.53. The number of aliphatic hydroxyl groups is 1. The van der Waals surface area contributed by atoms with E-state index in [1.807, 2.05) is 30.5 Å². The van der Waals surface area contributed by atoms with Crippen molar-refractivity contribution in [3.8, 4) is 0 Å². The van der Waals surface area contributed by atoms with Crippen LogP contribution in [0.2, 0.25) is 0 Å². The van der Waals surface area contributed by atoms with Gasteiger partial charge in [-0.1, -0.05) is 49.2 Å². The zero-order valence-corrected chi connectivity index (χ0v) is 13.4. The van der Waals surface area contributed by atoms with Crippen LogP contribution in [-0.4, -0.2) is 22.7 Å². The van der Waals surface area contributed by atoms with E-state index in [4.69, 9.17) is 0 Å². The molecule has 0 radical (unpaired) electrons. The molecule has 23 heavy (non-hydrogen) atoms. The second kappa shape index (κ2) is 5.97. The summed E-state index contributed by atoms with van der Waals surface area (Å²) in [5.41, 5.74) is 0.384. The summed E-state index contributed by atoms with van der Waals surface area (Å²) in [4.78, 5) is 6.99. The van der Waals surface area contributed by atoms with Crippen LogP contribution < -0.4 is 4.90 Å². The summed E-state index contributed by atoms with van der Waals surface area (Å²) >= 11 is 0. The first-order valence-corrected chi connectivity index (χ1v) is 8.74. The number of rotatable bonds is 2. The van der Waals surface area contributed by atoms with Crippen LogP contribution in [0.25, 0.3) is 0 Å². The summed E-state index contributed by atoms with van der Waals surface area (Å²) in [7, 11) is 0. The lowest BCUT2D eigenvalue weighted by molar-refractivity contribution is -0.0690. The molecule has 2 fully saturated rings. The molecule has 1 unspecified atom stereocenters. The summed E-state index contributed by atoms with van der Waals surface area (Å²) in [6, 6.07) is 16.8. The number of hydrogen-bond donors (Lipinski definition) is 1. The number of nitrogens with zero attached hydrogens (tertiary/aromatic N) is 2. The van der Waals surface area contributed by atoms with E-state index in [1.54, 1.807) is 0 Å². The standard InChI is InChI=1S/C20H24N2O/c23-20(16-8-2-1-3-9-16)13-15-22(19-12-6-7-14-21-19)18-11-5-4-10-17(18)20/h1-3,6-9,12,14,17-18,23H,4-5,10-11,13,15H2/t17-,18?,20-/m1/s1. The Morgan fingerprint density at radius 1 is 1.00 bits per heavy atom. The molecule has 3 nitrogen and oxygen atoms in total. The smallest absolute Gasteiger partial charge is 0.128 e. The number of pyridine rings is 1. The maximum absolute atomic E-state index is 11.6. The van der Waals surface area contributed by atoms with Gasteiger partial charge in [0, 0.05) is 24.7 Å². The van der Waals surface area contributed by atoms with Crippen LogP contribution in [0.4, 0.5) is 5.82 Å². The lowest BCUT2D eigenvalue weighted by Crippen LogP contribution is -2.57. The van der Waals surface area contributed by atoms with Crippen molar-refractivity contribution in [2.45, 2.75) is 43.7 Å². The Kier molecular flexibility index (Phi) is 3.82. The highest BCUT2D eigenvalue weighted by Crippen LogP contribution is 2.47. The van der Waals surface area contributed by atoms with Gasteiger partial charge < -0.3 is 10.0 Å². The van der Waals surface area contributed by atoms with Crippen molar-refractivity contribution in [3.05, 3.63) is 60.3 Å². The largest absolute Gasteiger partial charge is 0.385 e. The minimum absolute atomic E-state index is 0.286. The molecule has 2 heterocycles. The lowest BCUT2D eigenvalue weighted by atomic mass is 9.66. The van der Waals surface area contributed by atoms with Gasteiger partial charge in [-0.25, -0.2) is 4.98 Å². The number of aromatic nitrogens is 1.